The highest BCUT2D eigenvalue weighted by atomic mass is 127. The summed E-state index contributed by atoms with van der Waals surface area (Å²) in [6.07, 6.45) is 1.86. The highest BCUT2D eigenvalue weighted by Crippen LogP contribution is 2.14. The van der Waals surface area contributed by atoms with Gasteiger partial charge in [-0.15, -0.1) is 45.5 Å². The van der Waals surface area contributed by atoms with Crippen LogP contribution in [0.5, 0.6) is 0 Å². The Labute approximate surface area is 205 Å². The Morgan fingerprint density at radius 3 is 2.58 bits per heavy atom. The summed E-state index contributed by atoms with van der Waals surface area (Å²) in [5.41, 5.74) is 3.58. The van der Waals surface area contributed by atoms with E-state index in [1.165, 1.54) is 16.1 Å². The number of halogens is 1. The Morgan fingerprint density at radius 2 is 2.00 bits per heavy atom. The zero-order valence-corrected chi connectivity index (χ0v) is 22.3. The summed E-state index contributed by atoms with van der Waals surface area (Å²) in [7, 11) is 3.96. The predicted octanol–water partition coefficient (Wildman–Crippen LogP) is 3.06. The lowest BCUT2D eigenvalue weighted by Crippen LogP contribution is -2.44. The second-order valence-electron chi connectivity index (χ2n) is 7.67. The summed E-state index contributed by atoms with van der Waals surface area (Å²) in [6, 6.07) is 4.46. The predicted molar refractivity (Wildman–Crippen MR) is 137 cm³/mol. The number of hydrogen-bond donors (Lipinski definition) is 2. The molecule has 0 amide bonds. The van der Waals surface area contributed by atoms with Crippen molar-refractivity contribution < 1.29 is 0 Å². The second-order valence-corrected chi connectivity index (χ2v) is 8.70. The lowest BCUT2D eigenvalue weighted by molar-refractivity contribution is 0.631. The van der Waals surface area contributed by atoms with Crippen LogP contribution in [-0.4, -0.2) is 43.1 Å². The van der Waals surface area contributed by atoms with Crippen LogP contribution in [0.3, 0.4) is 0 Å². The molecule has 0 fully saturated rings. The number of nitrogens with zero attached hydrogens (tertiary/aromatic N) is 6. The molecule has 2 N–H and O–H groups in total. The lowest BCUT2D eigenvalue weighted by atomic mass is 10.1. The van der Waals surface area contributed by atoms with E-state index in [9.17, 15) is 0 Å². The summed E-state index contributed by atoms with van der Waals surface area (Å²) in [6.45, 7) is 9.60. The Balaban J connectivity index is 0.00000341. The third-order valence-electron chi connectivity index (χ3n) is 5.36. The van der Waals surface area contributed by atoms with Gasteiger partial charge in [0.25, 0.3) is 0 Å². The first-order valence-electron chi connectivity index (χ1n) is 10.3. The van der Waals surface area contributed by atoms with Gasteiger partial charge in [-0.3, -0.25) is 4.68 Å². The topological polar surface area (TPSA) is 85.0 Å². The number of guanidine groups is 1. The summed E-state index contributed by atoms with van der Waals surface area (Å²) in [5.74, 6) is 2.52. The van der Waals surface area contributed by atoms with E-state index in [4.69, 9.17) is 4.99 Å². The molecule has 0 aliphatic carbocycles. The minimum Gasteiger partial charge on any atom is -0.356 e. The van der Waals surface area contributed by atoms with Crippen molar-refractivity contribution in [2.45, 2.75) is 53.1 Å². The van der Waals surface area contributed by atoms with Gasteiger partial charge in [0.1, 0.15) is 12.4 Å². The fourth-order valence-electron chi connectivity index (χ4n) is 3.35. The maximum atomic E-state index is 4.77. The van der Waals surface area contributed by atoms with Crippen molar-refractivity contribution in [2.24, 2.45) is 19.1 Å². The van der Waals surface area contributed by atoms with Crippen molar-refractivity contribution >= 4 is 41.3 Å². The van der Waals surface area contributed by atoms with Crippen molar-refractivity contribution in [1.82, 2.24) is 35.2 Å². The van der Waals surface area contributed by atoms with Gasteiger partial charge in [0.15, 0.2) is 11.8 Å². The van der Waals surface area contributed by atoms with Crippen molar-refractivity contribution in [3.05, 3.63) is 51.0 Å². The van der Waals surface area contributed by atoms with E-state index in [2.05, 4.69) is 64.2 Å². The number of nitrogens with one attached hydrogen (secondary N) is 2. The highest BCUT2D eigenvalue weighted by molar-refractivity contribution is 14.0. The Morgan fingerprint density at radius 1 is 1.23 bits per heavy atom. The van der Waals surface area contributed by atoms with E-state index >= 15 is 0 Å². The number of hydrogen-bond acceptors (Lipinski definition) is 5. The molecule has 0 aromatic carbocycles. The number of aryl methyl sites for hydroxylation is 3. The van der Waals surface area contributed by atoms with Gasteiger partial charge in [0.2, 0.25) is 0 Å². The van der Waals surface area contributed by atoms with E-state index in [1.807, 2.05) is 30.3 Å². The molecule has 0 radical (unpaired) electrons. The van der Waals surface area contributed by atoms with Crippen molar-refractivity contribution in [1.29, 1.82) is 0 Å². The van der Waals surface area contributed by atoms with Crippen molar-refractivity contribution in [2.75, 3.05) is 6.54 Å². The molecule has 3 rings (SSSR count). The number of thiophene rings is 1. The molecule has 3 heterocycles. The van der Waals surface area contributed by atoms with Gasteiger partial charge in [0.05, 0.1) is 5.69 Å². The van der Waals surface area contributed by atoms with Gasteiger partial charge in [-0.2, -0.15) is 5.10 Å². The Hall–Kier alpha value is -1.95. The SMILES string of the molecule is Cc1nn(C)c(C)c1CC(C)NC(=NCc1nnc(C)n1C)NCCc1cccs1.I. The normalized spacial score (nSPS) is 12.5. The molecule has 0 saturated heterocycles. The number of aliphatic imine (C=N–C) groups is 1. The zero-order chi connectivity index (χ0) is 21.7. The molecule has 0 saturated carbocycles. The van der Waals surface area contributed by atoms with Crippen LogP contribution < -0.4 is 10.6 Å². The third kappa shape index (κ3) is 6.76. The standard InChI is InChI=1S/C21H32N8S.HI/c1-14(12-19-15(2)27-29(6)16(19)3)24-21(22-10-9-18-8-7-11-30-18)23-13-20-26-25-17(4)28(20)5;/h7-8,11,14H,9-10,12-13H2,1-6H3,(H2,22,23,24);1H. The molecule has 1 atom stereocenters. The van der Waals surface area contributed by atoms with Crippen molar-refractivity contribution in [3.63, 3.8) is 0 Å². The maximum absolute atomic E-state index is 4.77. The van der Waals surface area contributed by atoms with E-state index in [1.54, 1.807) is 11.3 Å². The molecule has 0 aliphatic rings. The number of rotatable bonds is 8. The third-order valence-corrected chi connectivity index (χ3v) is 6.29. The smallest absolute Gasteiger partial charge is 0.191 e. The Bertz CT molecular complexity index is 990. The molecular weight excluding hydrogens is 523 g/mol. The molecule has 1 unspecified atom stereocenters. The summed E-state index contributed by atoms with van der Waals surface area (Å²) < 4.78 is 3.92. The maximum Gasteiger partial charge on any atom is 0.191 e. The lowest BCUT2D eigenvalue weighted by Gasteiger charge is -2.18. The summed E-state index contributed by atoms with van der Waals surface area (Å²) in [4.78, 5) is 6.13. The van der Waals surface area contributed by atoms with Gasteiger partial charge in [0, 0.05) is 37.3 Å². The molecule has 10 heteroatoms. The molecule has 3 aromatic rings. The molecule has 8 nitrogen and oxygen atoms in total. The summed E-state index contributed by atoms with van der Waals surface area (Å²) in [5, 5.41) is 22.0. The van der Waals surface area contributed by atoms with Crippen LogP contribution in [0.1, 0.15) is 40.4 Å². The van der Waals surface area contributed by atoms with E-state index in [0.29, 0.717) is 6.54 Å². The fourth-order valence-corrected chi connectivity index (χ4v) is 4.06. The van der Waals surface area contributed by atoms with Crippen molar-refractivity contribution in [3.8, 4) is 0 Å². The van der Waals surface area contributed by atoms with Gasteiger partial charge >= 0.3 is 0 Å². The van der Waals surface area contributed by atoms with Gasteiger partial charge < -0.3 is 15.2 Å². The largest absolute Gasteiger partial charge is 0.356 e. The quantitative estimate of drug-likeness (QED) is 0.253. The van der Waals surface area contributed by atoms with Crippen LogP contribution in [0, 0.1) is 20.8 Å². The molecule has 0 bridgehead atoms. The van der Waals surface area contributed by atoms with E-state index in [0.717, 1.165) is 42.7 Å². The molecule has 31 heavy (non-hydrogen) atoms. The monoisotopic (exact) mass is 556 g/mol. The van der Waals surface area contributed by atoms with E-state index < -0.39 is 0 Å². The zero-order valence-electron chi connectivity index (χ0n) is 19.1. The van der Waals surface area contributed by atoms with Crippen LogP contribution >= 0.6 is 35.3 Å². The minimum absolute atomic E-state index is 0. The molecule has 3 aromatic heterocycles. The first kappa shape index (κ1) is 25.3. The molecule has 0 spiro atoms. The van der Waals surface area contributed by atoms with E-state index in [-0.39, 0.29) is 30.0 Å². The first-order chi connectivity index (χ1) is 14.3. The Kier molecular flexibility index (Phi) is 9.48. The van der Waals surface area contributed by atoms with Gasteiger partial charge in [-0.1, -0.05) is 6.07 Å². The van der Waals surface area contributed by atoms with Crippen LogP contribution in [0.15, 0.2) is 22.5 Å². The average molecular weight is 557 g/mol. The summed E-state index contributed by atoms with van der Waals surface area (Å²) >= 11 is 1.78. The van der Waals surface area contributed by atoms with Gasteiger partial charge in [-0.25, -0.2) is 4.99 Å². The van der Waals surface area contributed by atoms with Gasteiger partial charge in [-0.05, 0) is 57.5 Å². The number of aromatic nitrogens is 5. The first-order valence-corrected chi connectivity index (χ1v) is 11.1. The average Bonchev–Trinajstić information content (AvgIpc) is 3.39. The fraction of sp³-hybridized carbons (Fsp3) is 0.524. The van der Waals surface area contributed by atoms with Crippen LogP contribution in [0.25, 0.3) is 0 Å². The second kappa shape index (κ2) is 11.6. The highest BCUT2D eigenvalue weighted by Gasteiger charge is 2.14. The van der Waals surface area contributed by atoms with Crippen LogP contribution in [0.2, 0.25) is 0 Å². The van der Waals surface area contributed by atoms with Crippen LogP contribution in [0.4, 0.5) is 0 Å². The molecular formula is C21H33IN8S. The molecule has 170 valence electrons. The van der Waals surface area contributed by atoms with Crippen LogP contribution in [-0.2, 0) is 33.5 Å². The molecule has 0 aliphatic heterocycles. The minimum atomic E-state index is 0.